The van der Waals surface area contributed by atoms with Crippen LogP contribution in [0.4, 0.5) is 10.5 Å². The summed E-state index contributed by atoms with van der Waals surface area (Å²) in [6, 6.07) is 17.7. The van der Waals surface area contributed by atoms with Crippen molar-refractivity contribution in [3.05, 3.63) is 60.2 Å². The lowest BCUT2D eigenvalue weighted by atomic mass is 10.2. The van der Waals surface area contributed by atoms with Crippen molar-refractivity contribution in [1.29, 1.82) is 0 Å². The number of carbonyl (C=O) groups is 1. The molecule has 0 fully saturated rings. The maximum Gasteiger partial charge on any atom is 0.319 e. The Morgan fingerprint density at radius 2 is 1.75 bits per heavy atom. The molecule has 0 spiro atoms. The van der Waals surface area contributed by atoms with Crippen molar-refractivity contribution in [2.45, 2.75) is 11.8 Å². The second-order valence-corrected chi connectivity index (χ2v) is 5.58. The predicted octanol–water partition coefficient (Wildman–Crippen LogP) is 3.91. The van der Waals surface area contributed by atoms with Crippen LogP contribution >= 0.6 is 11.8 Å². The number of urea groups is 1. The zero-order chi connectivity index (χ0) is 14.2. The van der Waals surface area contributed by atoms with Crippen LogP contribution in [0.15, 0.2) is 59.5 Å². The van der Waals surface area contributed by atoms with Crippen LogP contribution in [-0.4, -0.2) is 18.3 Å². The van der Waals surface area contributed by atoms with Crippen LogP contribution < -0.4 is 10.6 Å². The first-order valence-corrected chi connectivity index (χ1v) is 7.52. The normalized spacial score (nSPS) is 10.1. The Morgan fingerprint density at radius 3 is 2.45 bits per heavy atom. The first-order valence-electron chi connectivity index (χ1n) is 6.53. The minimum atomic E-state index is -0.166. The molecule has 2 N–H and O–H groups in total. The molecule has 20 heavy (non-hydrogen) atoms. The number of hydrogen-bond donors (Lipinski definition) is 2. The number of aryl methyl sites for hydroxylation is 1. The predicted molar refractivity (Wildman–Crippen MR) is 85.4 cm³/mol. The molecule has 0 aliphatic heterocycles. The molecule has 2 aromatic rings. The van der Waals surface area contributed by atoms with Gasteiger partial charge in [0.2, 0.25) is 0 Å². The lowest BCUT2D eigenvalue weighted by Gasteiger charge is -2.07. The van der Waals surface area contributed by atoms with E-state index in [0.29, 0.717) is 6.54 Å². The summed E-state index contributed by atoms with van der Waals surface area (Å²) in [5, 5.41) is 5.63. The van der Waals surface area contributed by atoms with Gasteiger partial charge in [-0.3, -0.25) is 0 Å². The van der Waals surface area contributed by atoms with Crippen LogP contribution in [-0.2, 0) is 0 Å². The third-order valence-corrected chi connectivity index (χ3v) is 3.72. The number of para-hydroxylation sites is 1. The quantitative estimate of drug-likeness (QED) is 0.646. The summed E-state index contributed by atoms with van der Waals surface area (Å²) in [6.07, 6.45) is 0. The number of rotatable bonds is 5. The molecule has 2 amide bonds. The lowest BCUT2D eigenvalue weighted by Crippen LogP contribution is -2.30. The van der Waals surface area contributed by atoms with Gasteiger partial charge in [-0.05, 0) is 31.2 Å². The van der Waals surface area contributed by atoms with Gasteiger partial charge in [0.15, 0.2) is 0 Å². The average Bonchev–Trinajstić information content (AvgIpc) is 2.46. The van der Waals surface area contributed by atoms with Gasteiger partial charge in [0, 0.05) is 22.9 Å². The van der Waals surface area contributed by atoms with E-state index in [1.54, 1.807) is 11.8 Å². The number of thioether (sulfide) groups is 1. The Labute approximate surface area is 123 Å². The molecule has 4 heteroatoms. The van der Waals surface area contributed by atoms with E-state index >= 15 is 0 Å². The Hall–Kier alpha value is -1.94. The van der Waals surface area contributed by atoms with E-state index in [-0.39, 0.29) is 6.03 Å². The van der Waals surface area contributed by atoms with Gasteiger partial charge in [0.25, 0.3) is 0 Å². The smallest absolute Gasteiger partial charge is 0.319 e. The van der Waals surface area contributed by atoms with E-state index in [1.807, 2.05) is 30.3 Å². The molecule has 0 aliphatic carbocycles. The third kappa shape index (κ3) is 4.97. The first kappa shape index (κ1) is 14.5. The number of carbonyl (C=O) groups excluding carboxylic acids is 1. The molecule has 0 saturated heterocycles. The highest BCUT2D eigenvalue weighted by atomic mass is 32.2. The number of hydrogen-bond acceptors (Lipinski definition) is 2. The molecule has 0 saturated carbocycles. The van der Waals surface area contributed by atoms with Gasteiger partial charge in [-0.15, -0.1) is 11.8 Å². The molecule has 3 nitrogen and oxygen atoms in total. The molecule has 0 heterocycles. The fraction of sp³-hybridized carbons (Fsp3) is 0.188. The van der Waals surface area contributed by atoms with Crippen LogP contribution in [0, 0.1) is 6.92 Å². The molecule has 0 bridgehead atoms. The third-order valence-electron chi connectivity index (χ3n) is 2.71. The van der Waals surface area contributed by atoms with E-state index in [0.717, 1.165) is 11.4 Å². The molecular weight excluding hydrogens is 268 g/mol. The summed E-state index contributed by atoms with van der Waals surface area (Å²) >= 11 is 1.73. The molecule has 0 aromatic heterocycles. The van der Waals surface area contributed by atoms with E-state index < -0.39 is 0 Å². The van der Waals surface area contributed by atoms with Crippen LogP contribution in [0.5, 0.6) is 0 Å². The number of benzene rings is 2. The fourth-order valence-corrected chi connectivity index (χ4v) is 2.43. The fourth-order valence-electron chi connectivity index (χ4n) is 1.66. The maximum absolute atomic E-state index is 11.6. The number of amides is 2. The second kappa shape index (κ2) is 7.60. The summed E-state index contributed by atoms with van der Waals surface area (Å²) in [5.41, 5.74) is 2.06. The Bertz CT molecular complexity index is 540. The Balaban J connectivity index is 1.66. The van der Waals surface area contributed by atoms with Gasteiger partial charge in [0.05, 0.1) is 0 Å². The maximum atomic E-state index is 11.6. The molecule has 0 atom stereocenters. The highest BCUT2D eigenvalue weighted by Gasteiger charge is 2.00. The SMILES string of the molecule is Cc1ccc(SCCNC(=O)Nc2ccccc2)cc1. The van der Waals surface area contributed by atoms with Gasteiger partial charge < -0.3 is 10.6 Å². The van der Waals surface area contributed by atoms with Crippen molar-refractivity contribution < 1.29 is 4.79 Å². The highest BCUT2D eigenvalue weighted by Crippen LogP contribution is 2.17. The van der Waals surface area contributed by atoms with E-state index in [4.69, 9.17) is 0 Å². The molecule has 0 unspecified atom stereocenters. The molecule has 0 aliphatic rings. The summed E-state index contributed by atoms with van der Waals surface area (Å²) in [7, 11) is 0. The average molecular weight is 286 g/mol. The molecule has 2 rings (SSSR count). The topological polar surface area (TPSA) is 41.1 Å². The minimum absolute atomic E-state index is 0.166. The van der Waals surface area contributed by atoms with Crippen molar-refractivity contribution in [2.75, 3.05) is 17.6 Å². The highest BCUT2D eigenvalue weighted by molar-refractivity contribution is 7.99. The van der Waals surface area contributed by atoms with Crippen LogP contribution in [0.3, 0.4) is 0 Å². The minimum Gasteiger partial charge on any atom is -0.337 e. The van der Waals surface area contributed by atoms with E-state index in [9.17, 15) is 4.79 Å². The van der Waals surface area contributed by atoms with Gasteiger partial charge >= 0.3 is 6.03 Å². The summed E-state index contributed by atoms with van der Waals surface area (Å²) in [6.45, 7) is 2.71. The van der Waals surface area contributed by atoms with Crippen molar-refractivity contribution in [3.63, 3.8) is 0 Å². The molecule has 104 valence electrons. The van der Waals surface area contributed by atoms with Crippen LogP contribution in [0.1, 0.15) is 5.56 Å². The first-order chi connectivity index (χ1) is 9.74. The summed E-state index contributed by atoms with van der Waals surface area (Å²) in [5.74, 6) is 0.852. The number of anilines is 1. The summed E-state index contributed by atoms with van der Waals surface area (Å²) < 4.78 is 0. The summed E-state index contributed by atoms with van der Waals surface area (Å²) in [4.78, 5) is 12.9. The largest absolute Gasteiger partial charge is 0.337 e. The van der Waals surface area contributed by atoms with Gasteiger partial charge in [-0.1, -0.05) is 35.9 Å². The van der Waals surface area contributed by atoms with Crippen LogP contribution in [0.2, 0.25) is 0 Å². The molecular formula is C16H18N2OS. The van der Waals surface area contributed by atoms with Crippen LogP contribution in [0.25, 0.3) is 0 Å². The second-order valence-electron chi connectivity index (χ2n) is 4.41. The monoisotopic (exact) mass is 286 g/mol. The molecule has 2 aromatic carbocycles. The van der Waals surface area contributed by atoms with Crippen molar-refractivity contribution in [3.8, 4) is 0 Å². The van der Waals surface area contributed by atoms with E-state index in [2.05, 4.69) is 41.8 Å². The van der Waals surface area contributed by atoms with Crippen molar-refractivity contribution >= 4 is 23.5 Å². The standard InChI is InChI=1S/C16H18N2OS/c1-13-7-9-15(10-8-13)20-12-11-17-16(19)18-14-5-3-2-4-6-14/h2-10H,11-12H2,1H3,(H2,17,18,19). The zero-order valence-electron chi connectivity index (χ0n) is 11.4. The van der Waals surface area contributed by atoms with Gasteiger partial charge in [-0.25, -0.2) is 4.79 Å². The number of nitrogens with one attached hydrogen (secondary N) is 2. The van der Waals surface area contributed by atoms with Gasteiger partial charge in [-0.2, -0.15) is 0 Å². The van der Waals surface area contributed by atoms with Gasteiger partial charge in [0.1, 0.15) is 0 Å². The zero-order valence-corrected chi connectivity index (χ0v) is 12.2. The Kier molecular flexibility index (Phi) is 5.50. The van der Waals surface area contributed by atoms with E-state index in [1.165, 1.54) is 10.5 Å². The lowest BCUT2D eigenvalue weighted by molar-refractivity contribution is 0.252. The Morgan fingerprint density at radius 1 is 1.05 bits per heavy atom. The molecule has 0 radical (unpaired) electrons. The van der Waals surface area contributed by atoms with Crippen molar-refractivity contribution in [2.24, 2.45) is 0 Å². The van der Waals surface area contributed by atoms with Crippen molar-refractivity contribution in [1.82, 2.24) is 5.32 Å².